The number of nitrogens with one attached hydrogen (secondary N) is 2. The van der Waals surface area contributed by atoms with Gasteiger partial charge in [0.25, 0.3) is 5.56 Å². The first-order chi connectivity index (χ1) is 6.88. The maximum absolute atomic E-state index is 10.9. The van der Waals surface area contributed by atoms with Gasteiger partial charge in [0.1, 0.15) is 15.2 Å². The number of H-pyrrole nitrogens is 2. The van der Waals surface area contributed by atoms with Crippen LogP contribution in [-0.2, 0) is 9.84 Å². The molecule has 0 amide bonds. The molecule has 7 nitrogen and oxygen atoms in total. The predicted octanol–water partition coefficient (Wildman–Crippen LogP) is -0.693. The lowest BCUT2D eigenvalue weighted by atomic mass is 10.4. The number of sulfone groups is 1. The highest BCUT2D eigenvalue weighted by Gasteiger charge is 1.97. The summed E-state index contributed by atoms with van der Waals surface area (Å²) in [5.41, 5.74) is 0.350. The zero-order chi connectivity index (χ0) is 11.5. The van der Waals surface area contributed by atoms with Crippen LogP contribution < -0.4 is 5.56 Å². The van der Waals surface area contributed by atoms with Gasteiger partial charge in [0, 0.05) is 12.5 Å². The third kappa shape index (κ3) is 3.90. The zero-order valence-electron chi connectivity index (χ0n) is 8.18. The molecule has 0 saturated heterocycles. The number of nitrogens with zero attached hydrogens (tertiary/aromatic N) is 2. The molecular formula is C7H10N4O3S. The van der Waals surface area contributed by atoms with Crippen LogP contribution in [0.1, 0.15) is 0 Å². The smallest absolute Gasteiger partial charge is 0.261 e. The molecule has 0 aliphatic rings. The lowest BCUT2D eigenvalue weighted by Gasteiger charge is -1.81. The van der Waals surface area contributed by atoms with Crippen LogP contribution >= 0.6 is 0 Å². The minimum Gasteiger partial charge on any atom is -0.312 e. The van der Waals surface area contributed by atoms with Gasteiger partial charge in [-0.25, -0.2) is 13.4 Å². The van der Waals surface area contributed by atoms with E-state index in [1.54, 1.807) is 0 Å². The molecule has 0 radical (unpaired) electrons. The van der Waals surface area contributed by atoms with Crippen molar-refractivity contribution in [3.05, 3.63) is 22.9 Å². The third-order valence-electron chi connectivity index (χ3n) is 1.25. The summed E-state index contributed by atoms with van der Waals surface area (Å²) in [6.45, 7) is 0. The molecule has 2 aromatic rings. The number of rotatable bonds is 0. The average molecular weight is 230 g/mol. The first-order valence-electron chi connectivity index (χ1n) is 3.89. The van der Waals surface area contributed by atoms with Gasteiger partial charge in [0.15, 0.2) is 5.65 Å². The normalized spacial score (nSPS) is 10.8. The van der Waals surface area contributed by atoms with Crippen molar-refractivity contribution < 1.29 is 8.42 Å². The highest BCUT2D eigenvalue weighted by Crippen LogP contribution is 1.96. The number of aromatic amines is 2. The Balaban J connectivity index is 0.000000195. The van der Waals surface area contributed by atoms with Crippen molar-refractivity contribution in [3.8, 4) is 0 Å². The van der Waals surface area contributed by atoms with Crippen molar-refractivity contribution in [2.45, 2.75) is 0 Å². The van der Waals surface area contributed by atoms with Crippen molar-refractivity contribution in [1.29, 1.82) is 0 Å². The summed E-state index contributed by atoms with van der Waals surface area (Å²) in [5.74, 6) is 0. The Morgan fingerprint density at radius 3 is 2.47 bits per heavy atom. The molecule has 82 valence electrons. The Morgan fingerprint density at radius 2 is 1.93 bits per heavy atom. The van der Waals surface area contributed by atoms with E-state index in [1.807, 2.05) is 0 Å². The molecule has 8 heteroatoms. The molecule has 0 fully saturated rings. The molecule has 0 aliphatic heterocycles. The molecule has 15 heavy (non-hydrogen) atoms. The monoisotopic (exact) mass is 230 g/mol. The van der Waals surface area contributed by atoms with Crippen LogP contribution in [0.2, 0.25) is 0 Å². The molecular weight excluding hydrogens is 220 g/mol. The SMILES string of the molecule is CS(C)(=O)=O.O=c1[nH]cnc2[nH]ncc12. The van der Waals surface area contributed by atoms with Crippen molar-refractivity contribution in [1.82, 2.24) is 20.2 Å². The van der Waals surface area contributed by atoms with Gasteiger partial charge in [-0.1, -0.05) is 0 Å². The maximum Gasteiger partial charge on any atom is 0.261 e. The highest BCUT2D eigenvalue weighted by atomic mass is 32.2. The van der Waals surface area contributed by atoms with E-state index < -0.39 is 9.84 Å². The summed E-state index contributed by atoms with van der Waals surface area (Å²) < 4.78 is 19.3. The van der Waals surface area contributed by atoms with E-state index in [0.29, 0.717) is 11.0 Å². The fraction of sp³-hybridized carbons (Fsp3) is 0.286. The van der Waals surface area contributed by atoms with E-state index in [4.69, 9.17) is 0 Å². The van der Waals surface area contributed by atoms with Gasteiger partial charge in [-0.05, 0) is 0 Å². The first kappa shape index (κ1) is 11.4. The van der Waals surface area contributed by atoms with Gasteiger partial charge >= 0.3 is 0 Å². The van der Waals surface area contributed by atoms with Gasteiger partial charge < -0.3 is 4.98 Å². The van der Waals surface area contributed by atoms with Crippen LogP contribution in [0, 0.1) is 0 Å². The van der Waals surface area contributed by atoms with Crippen molar-refractivity contribution in [2.24, 2.45) is 0 Å². The van der Waals surface area contributed by atoms with Gasteiger partial charge in [-0.15, -0.1) is 0 Å². The average Bonchev–Trinajstić information content (AvgIpc) is 2.49. The molecule has 2 heterocycles. The Hall–Kier alpha value is -1.70. The van der Waals surface area contributed by atoms with Crippen molar-refractivity contribution in [2.75, 3.05) is 12.5 Å². The Kier molecular flexibility index (Phi) is 3.20. The van der Waals surface area contributed by atoms with E-state index in [-0.39, 0.29) is 5.56 Å². The Morgan fingerprint density at radius 1 is 1.33 bits per heavy atom. The van der Waals surface area contributed by atoms with E-state index in [9.17, 15) is 13.2 Å². The lowest BCUT2D eigenvalue weighted by Crippen LogP contribution is -2.04. The minimum absolute atomic E-state index is 0.168. The van der Waals surface area contributed by atoms with Crippen LogP contribution in [-0.4, -0.2) is 41.1 Å². The molecule has 2 rings (SSSR count). The summed E-state index contributed by atoms with van der Waals surface area (Å²) in [5, 5.41) is 6.72. The first-order valence-corrected chi connectivity index (χ1v) is 6.19. The largest absolute Gasteiger partial charge is 0.312 e. The summed E-state index contributed by atoms with van der Waals surface area (Å²) in [4.78, 5) is 17.1. The number of fused-ring (bicyclic) bond motifs is 1. The molecule has 0 unspecified atom stereocenters. The number of hydrogen-bond donors (Lipinski definition) is 2. The molecule has 2 aromatic heterocycles. The standard InChI is InChI=1S/C5H4N4O.C2H6O2S/c10-5-3-1-8-9-4(3)6-2-7-5;1-5(2,3)4/h1-2H,(H2,6,7,8,9,10);1-2H3. The zero-order valence-corrected chi connectivity index (χ0v) is 9.00. The van der Waals surface area contributed by atoms with E-state index >= 15 is 0 Å². The Bertz CT molecular complexity index is 590. The third-order valence-corrected chi connectivity index (χ3v) is 1.25. The summed E-state index contributed by atoms with van der Waals surface area (Å²) in [6.07, 6.45) is 5.10. The van der Waals surface area contributed by atoms with E-state index in [2.05, 4.69) is 20.2 Å². The Labute approximate surface area is 85.5 Å². The van der Waals surface area contributed by atoms with E-state index in [0.717, 1.165) is 12.5 Å². The molecule has 0 saturated carbocycles. The van der Waals surface area contributed by atoms with Crippen LogP contribution in [0.25, 0.3) is 11.0 Å². The van der Waals surface area contributed by atoms with Crippen LogP contribution in [0.15, 0.2) is 17.3 Å². The molecule has 2 N–H and O–H groups in total. The van der Waals surface area contributed by atoms with Crippen LogP contribution in [0.4, 0.5) is 0 Å². The van der Waals surface area contributed by atoms with Gasteiger partial charge in [-0.2, -0.15) is 5.10 Å². The molecule has 0 spiro atoms. The second-order valence-corrected chi connectivity index (χ2v) is 5.29. The highest BCUT2D eigenvalue weighted by molar-refractivity contribution is 7.89. The van der Waals surface area contributed by atoms with Gasteiger partial charge in [-0.3, -0.25) is 9.89 Å². The summed E-state index contributed by atoms with van der Waals surface area (Å²) in [6, 6.07) is 0. The second-order valence-electron chi connectivity index (χ2n) is 3.01. The molecule has 0 aromatic carbocycles. The fourth-order valence-corrected chi connectivity index (χ4v) is 0.777. The number of aromatic nitrogens is 4. The fourth-order valence-electron chi connectivity index (χ4n) is 0.777. The van der Waals surface area contributed by atoms with Crippen molar-refractivity contribution >= 4 is 20.9 Å². The summed E-state index contributed by atoms with van der Waals surface area (Å²) >= 11 is 0. The second kappa shape index (κ2) is 4.22. The van der Waals surface area contributed by atoms with Crippen LogP contribution in [0.5, 0.6) is 0 Å². The van der Waals surface area contributed by atoms with Gasteiger partial charge in [0.2, 0.25) is 0 Å². The van der Waals surface area contributed by atoms with Crippen molar-refractivity contribution in [3.63, 3.8) is 0 Å². The van der Waals surface area contributed by atoms with Crippen LogP contribution in [0.3, 0.4) is 0 Å². The maximum atomic E-state index is 10.9. The quantitative estimate of drug-likeness (QED) is 0.622. The molecule has 0 bridgehead atoms. The summed E-state index contributed by atoms with van der Waals surface area (Å²) in [7, 11) is -2.67. The van der Waals surface area contributed by atoms with Gasteiger partial charge in [0.05, 0.1) is 12.5 Å². The molecule has 0 atom stereocenters. The van der Waals surface area contributed by atoms with E-state index in [1.165, 1.54) is 12.5 Å². The minimum atomic E-state index is -2.67. The lowest BCUT2D eigenvalue weighted by molar-refractivity contribution is 0.607. The molecule has 0 aliphatic carbocycles. The number of hydrogen-bond acceptors (Lipinski definition) is 5. The topological polar surface area (TPSA) is 109 Å². The predicted molar refractivity (Wildman–Crippen MR) is 55.3 cm³/mol.